The van der Waals surface area contributed by atoms with Crippen LogP contribution in [0.3, 0.4) is 0 Å². The first-order chi connectivity index (χ1) is 9.60. The number of carbonyl (C=O) groups excluding carboxylic acids is 1. The lowest BCUT2D eigenvalue weighted by Crippen LogP contribution is -2.16. The molecule has 0 atom stereocenters. The third-order valence-corrected chi connectivity index (χ3v) is 3.55. The van der Waals surface area contributed by atoms with Crippen LogP contribution in [0.25, 0.3) is 0 Å². The van der Waals surface area contributed by atoms with Gasteiger partial charge in [0.05, 0.1) is 12.9 Å². The van der Waals surface area contributed by atoms with E-state index in [1.54, 1.807) is 38.4 Å². The van der Waals surface area contributed by atoms with Crippen LogP contribution in [0.15, 0.2) is 34.2 Å². The molecule has 0 radical (unpaired) electrons. The largest absolute Gasteiger partial charge is 0.497 e. The van der Waals surface area contributed by atoms with Crippen LogP contribution in [0, 0.1) is 0 Å². The molecule has 106 valence electrons. The third-order valence-electron chi connectivity index (χ3n) is 2.52. The Morgan fingerprint density at radius 1 is 1.55 bits per heavy atom. The lowest BCUT2D eigenvalue weighted by molar-refractivity contribution is -0.113. The highest BCUT2D eigenvalue weighted by atomic mass is 32.2. The molecule has 0 saturated carbocycles. The Morgan fingerprint density at radius 3 is 3.00 bits per heavy atom. The van der Waals surface area contributed by atoms with Crippen LogP contribution in [0.5, 0.6) is 5.75 Å². The average Bonchev–Trinajstić information content (AvgIpc) is 2.77. The Bertz CT molecular complexity index is 665. The molecule has 1 aromatic heterocycles. The number of benzene rings is 1. The van der Waals surface area contributed by atoms with Crippen molar-refractivity contribution in [2.24, 2.45) is 7.05 Å². The Balaban J connectivity index is 1.92. The highest BCUT2D eigenvalue weighted by Gasteiger charge is 2.09. The van der Waals surface area contributed by atoms with Gasteiger partial charge in [0.1, 0.15) is 5.75 Å². The lowest BCUT2D eigenvalue weighted by Gasteiger charge is -2.06. The van der Waals surface area contributed by atoms with Gasteiger partial charge >= 0.3 is 5.69 Å². The van der Waals surface area contributed by atoms with Crippen LogP contribution >= 0.6 is 11.8 Å². The lowest BCUT2D eigenvalue weighted by atomic mass is 10.3. The van der Waals surface area contributed by atoms with Crippen LogP contribution in [0.2, 0.25) is 0 Å². The van der Waals surface area contributed by atoms with E-state index < -0.39 is 0 Å². The summed E-state index contributed by atoms with van der Waals surface area (Å²) in [6, 6.07) is 7.09. The Hall–Kier alpha value is -2.22. The maximum Gasteiger partial charge on any atom is 0.343 e. The standard InChI is InChI=1S/C12H14N4O3S/c1-16-11(18)14-15-12(16)20-7-10(17)13-8-4-3-5-9(6-8)19-2/h3-6H,7H2,1-2H3,(H,13,17)(H,14,18). The minimum atomic E-state index is -0.305. The molecule has 8 heteroatoms. The van der Waals surface area contributed by atoms with E-state index in [0.717, 1.165) is 0 Å². The van der Waals surface area contributed by atoms with E-state index in [9.17, 15) is 9.59 Å². The number of hydrogen-bond donors (Lipinski definition) is 2. The zero-order chi connectivity index (χ0) is 14.5. The van der Waals surface area contributed by atoms with E-state index in [2.05, 4.69) is 15.5 Å². The summed E-state index contributed by atoms with van der Waals surface area (Å²) in [5.41, 5.74) is 0.353. The van der Waals surface area contributed by atoms with Crippen molar-refractivity contribution in [3.63, 3.8) is 0 Å². The molecule has 2 N–H and O–H groups in total. The SMILES string of the molecule is COc1cccc(NC(=O)CSc2n[nH]c(=O)n2C)c1. The van der Waals surface area contributed by atoms with Gasteiger partial charge in [-0.15, -0.1) is 5.10 Å². The van der Waals surface area contributed by atoms with Crippen LogP contribution in [0.1, 0.15) is 0 Å². The third kappa shape index (κ3) is 3.41. The van der Waals surface area contributed by atoms with Gasteiger partial charge < -0.3 is 10.1 Å². The van der Waals surface area contributed by atoms with Crippen LogP contribution in [-0.2, 0) is 11.8 Å². The number of anilines is 1. The van der Waals surface area contributed by atoms with Crippen LogP contribution in [-0.4, -0.2) is 33.5 Å². The monoisotopic (exact) mass is 294 g/mol. The fourth-order valence-electron chi connectivity index (χ4n) is 1.49. The highest BCUT2D eigenvalue weighted by Crippen LogP contribution is 2.18. The van der Waals surface area contributed by atoms with Gasteiger partial charge in [-0.05, 0) is 12.1 Å². The second kappa shape index (κ2) is 6.29. The zero-order valence-corrected chi connectivity index (χ0v) is 11.9. The number of thioether (sulfide) groups is 1. The van der Waals surface area contributed by atoms with Crippen molar-refractivity contribution in [1.29, 1.82) is 0 Å². The van der Waals surface area contributed by atoms with Gasteiger partial charge in [-0.1, -0.05) is 17.8 Å². The zero-order valence-electron chi connectivity index (χ0n) is 11.0. The predicted octanol–water partition coefficient (Wildman–Crippen LogP) is 0.848. The summed E-state index contributed by atoms with van der Waals surface area (Å²) in [4.78, 5) is 23.0. The summed E-state index contributed by atoms with van der Waals surface area (Å²) in [6.45, 7) is 0. The Morgan fingerprint density at radius 2 is 2.35 bits per heavy atom. The van der Waals surface area contributed by atoms with Crippen molar-refractivity contribution in [2.45, 2.75) is 5.16 Å². The molecule has 7 nitrogen and oxygen atoms in total. The van der Waals surface area contributed by atoms with Gasteiger partial charge in [0.15, 0.2) is 5.16 Å². The number of aromatic amines is 1. The van der Waals surface area contributed by atoms with Crippen molar-refractivity contribution >= 4 is 23.4 Å². The molecule has 0 aliphatic heterocycles. The van der Waals surface area contributed by atoms with Crippen molar-refractivity contribution in [3.05, 3.63) is 34.7 Å². The fourth-order valence-corrected chi connectivity index (χ4v) is 2.21. The number of amides is 1. The molecular weight excluding hydrogens is 280 g/mol. The van der Waals surface area contributed by atoms with Gasteiger partial charge in [-0.25, -0.2) is 9.89 Å². The minimum Gasteiger partial charge on any atom is -0.497 e. The second-order valence-electron chi connectivity index (χ2n) is 3.94. The topological polar surface area (TPSA) is 89.0 Å². The smallest absolute Gasteiger partial charge is 0.343 e. The summed E-state index contributed by atoms with van der Waals surface area (Å²) >= 11 is 1.18. The first-order valence-electron chi connectivity index (χ1n) is 5.78. The number of methoxy groups -OCH3 is 1. The quantitative estimate of drug-likeness (QED) is 0.798. The van der Waals surface area contributed by atoms with Crippen LogP contribution in [0.4, 0.5) is 5.69 Å². The van der Waals surface area contributed by atoms with E-state index in [-0.39, 0.29) is 17.3 Å². The number of rotatable bonds is 5. The van der Waals surface area contributed by atoms with Crippen LogP contribution < -0.4 is 15.7 Å². The van der Waals surface area contributed by atoms with Crippen molar-refractivity contribution < 1.29 is 9.53 Å². The van der Waals surface area contributed by atoms with E-state index in [0.29, 0.717) is 16.6 Å². The fraction of sp³-hybridized carbons (Fsp3) is 0.250. The van der Waals surface area contributed by atoms with Gasteiger partial charge in [0, 0.05) is 18.8 Å². The van der Waals surface area contributed by atoms with E-state index >= 15 is 0 Å². The molecule has 0 unspecified atom stereocenters. The predicted molar refractivity (Wildman–Crippen MR) is 76.2 cm³/mol. The molecule has 1 aromatic carbocycles. The number of ether oxygens (including phenoxy) is 1. The summed E-state index contributed by atoms with van der Waals surface area (Å²) < 4.78 is 6.43. The maximum atomic E-state index is 11.8. The number of hydrogen-bond acceptors (Lipinski definition) is 5. The van der Waals surface area contributed by atoms with Gasteiger partial charge in [0.2, 0.25) is 5.91 Å². The molecule has 0 spiro atoms. The Kier molecular flexibility index (Phi) is 4.46. The molecule has 0 fully saturated rings. The number of nitrogens with one attached hydrogen (secondary N) is 2. The molecule has 0 bridgehead atoms. The molecule has 0 aliphatic carbocycles. The first-order valence-corrected chi connectivity index (χ1v) is 6.77. The number of nitrogens with zero attached hydrogens (tertiary/aromatic N) is 2. The highest BCUT2D eigenvalue weighted by molar-refractivity contribution is 7.99. The molecule has 2 aromatic rings. The van der Waals surface area contributed by atoms with E-state index in [4.69, 9.17) is 4.74 Å². The molecule has 2 rings (SSSR count). The Labute approximate surface area is 119 Å². The second-order valence-corrected chi connectivity index (χ2v) is 4.88. The normalized spacial score (nSPS) is 10.3. The van der Waals surface area contributed by atoms with E-state index in [1.807, 2.05) is 0 Å². The molecule has 20 heavy (non-hydrogen) atoms. The van der Waals surface area contributed by atoms with Gasteiger partial charge in [-0.2, -0.15) is 0 Å². The number of aromatic nitrogens is 3. The molecule has 1 heterocycles. The maximum absolute atomic E-state index is 11.8. The molecular formula is C12H14N4O3S. The number of H-pyrrole nitrogens is 1. The van der Waals surface area contributed by atoms with Crippen molar-refractivity contribution in [2.75, 3.05) is 18.2 Å². The van der Waals surface area contributed by atoms with E-state index in [1.165, 1.54) is 16.3 Å². The molecule has 0 saturated heterocycles. The summed E-state index contributed by atoms with van der Waals surface area (Å²) in [5.74, 6) is 0.652. The summed E-state index contributed by atoms with van der Waals surface area (Å²) in [7, 11) is 3.16. The van der Waals surface area contributed by atoms with Crippen molar-refractivity contribution in [3.8, 4) is 5.75 Å². The summed E-state index contributed by atoms with van der Waals surface area (Å²) in [6.07, 6.45) is 0. The first kappa shape index (κ1) is 14.2. The number of carbonyl (C=O) groups is 1. The summed E-state index contributed by atoms with van der Waals surface area (Å²) in [5, 5.41) is 9.34. The minimum absolute atomic E-state index is 0.162. The van der Waals surface area contributed by atoms with Gasteiger partial charge in [-0.3, -0.25) is 9.36 Å². The average molecular weight is 294 g/mol. The molecule has 1 amide bonds. The van der Waals surface area contributed by atoms with Crippen molar-refractivity contribution in [1.82, 2.24) is 14.8 Å². The molecule has 0 aliphatic rings. The van der Waals surface area contributed by atoms with Gasteiger partial charge in [0.25, 0.3) is 0 Å².